The molecule has 4 aromatic rings. The molecule has 0 aliphatic heterocycles. The second-order valence-electron chi connectivity index (χ2n) is 7.09. The van der Waals surface area contributed by atoms with Gasteiger partial charge in [0, 0.05) is 16.8 Å². The summed E-state index contributed by atoms with van der Waals surface area (Å²) in [4.78, 5) is 17.2. The minimum absolute atomic E-state index is 0.228. The number of nitrogens with one attached hydrogen (secondary N) is 1. The summed E-state index contributed by atoms with van der Waals surface area (Å²) in [5.41, 5.74) is 6.22. The number of carbonyl (C=O) groups is 1. The number of benzene rings is 3. The fourth-order valence-electron chi connectivity index (χ4n) is 3.36. The molecule has 3 aromatic carbocycles. The van der Waals surface area contributed by atoms with Crippen molar-refractivity contribution < 1.29 is 13.9 Å². The van der Waals surface area contributed by atoms with Gasteiger partial charge in [0.25, 0.3) is 5.91 Å². The number of aryl methyl sites for hydroxylation is 2. The van der Waals surface area contributed by atoms with Gasteiger partial charge in [0.15, 0.2) is 0 Å². The zero-order valence-electron chi connectivity index (χ0n) is 17.1. The zero-order chi connectivity index (χ0) is 21.1. The van der Waals surface area contributed by atoms with E-state index in [0.29, 0.717) is 22.9 Å². The third-order valence-electron chi connectivity index (χ3n) is 4.90. The van der Waals surface area contributed by atoms with E-state index in [1.165, 1.54) is 5.56 Å². The lowest BCUT2D eigenvalue weighted by Gasteiger charge is -2.09. The maximum absolute atomic E-state index is 12.5. The molecule has 30 heavy (non-hydrogen) atoms. The maximum Gasteiger partial charge on any atom is 0.259 e. The second kappa shape index (κ2) is 8.25. The van der Waals surface area contributed by atoms with Gasteiger partial charge in [0.1, 0.15) is 17.7 Å². The second-order valence-corrected chi connectivity index (χ2v) is 7.09. The van der Waals surface area contributed by atoms with Crippen LogP contribution in [0, 0.1) is 13.8 Å². The summed E-state index contributed by atoms with van der Waals surface area (Å²) >= 11 is 0. The normalized spacial score (nSPS) is 10.6. The Hall–Kier alpha value is -3.86. The topological polar surface area (TPSA) is 64.4 Å². The number of nitrogens with zero attached hydrogens (tertiary/aromatic N) is 1. The molecular formula is C25H22N2O3. The van der Waals surface area contributed by atoms with Gasteiger partial charge in [0.05, 0.1) is 12.7 Å². The van der Waals surface area contributed by atoms with Crippen LogP contribution in [-0.4, -0.2) is 18.0 Å². The molecule has 5 nitrogen and oxygen atoms in total. The molecule has 0 saturated heterocycles. The third kappa shape index (κ3) is 3.96. The Labute approximate surface area is 175 Å². The predicted octanol–water partition coefficient (Wildman–Crippen LogP) is 5.89. The molecule has 1 heterocycles. The van der Waals surface area contributed by atoms with Crippen LogP contribution in [0.4, 0.5) is 5.69 Å². The lowest BCUT2D eigenvalue weighted by atomic mass is 10.0. The van der Waals surface area contributed by atoms with Crippen molar-refractivity contribution >= 4 is 11.6 Å². The van der Waals surface area contributed by atoms with E-state index in [1.807, 2.05) is 30.3 Å². The number of amides is 1. The van der Waals surface area contributed by atoms with Crippen LogP contribution >= 0.6 is 0 Å². The minimum Gasteiger partial charge on any atom is -0.496 e. The maximum atomic E-state index is 12.5. The number of ether oxygens (including phenoxy) is 1. The SMILES string of the molecule is COc1ccccc1C(=O)Nc1ccc(-c2nc(-c3ccc(C)cc3C)co2)cc1. The number of carbonyl (C=O) groups excluding carboxylic acids is 1. The number of para-hydroxylation sites is 1. The largest absolute Gasteiger partial charge is 0.496 e. The van der Waals surface area contributed by atoms with E-state index in [9.17, 15) is 4.79 Å². The quantitative estimate of drug-likeness (QED) is 0.455. The molecule has 4 rings (SSSR count). The van der Waals surface area contributed by atoms with Crippen LogP contribution < -0.4 is 10.1 Å². The highest BCUT2D eigenvalue weighted by Crippen LogP contribution is 2.28. The highest BCUT2D eigenvalue weighted by atomic mass is 16.5. The van der Waals surface area contributed by atoms with E-state index in [0.717, 1.165) is 22.4 Å². The average molecular weight is 398 g/mol. The Balaban J connectivity index is 1.51. The highest BCUT2D eigenvalue weighted by Gasteiger charge is 2.13. The molecule has 0 spiro atoms. The van der Waals surface area contributed by atoms with E-state index < -0.39 is 0 Å². The van der Waals surface area contributed by atoms with Crippen molar-refractivity contribution in [1.29, 1.82) is 0 Å². The Kier molecular flexibility index (Phi) is 5.35. The number of aromatic nitrogens is 1. The molecule has 150 valence electrons. The van der Waals surface area contributed by atoms with Crippen LogP contribution in [0.3, 0.4) is 0 Å². The smallest absolute Gasteiger partial charge is 0.259 e. The van der Waals surface area contributed by atoms with Gasteiger partial charge in [-0.05, 0) is 55.8 Å². The molecule has 1 aromatic heterocycles. The van der Waals surface area contributed by atoms with Gasteiger partial charge in [-0.3, -0.25) is 4.79 Å². The molecular weight excluding hydrogens is 376 g/mol. The Morgan fingerprint density at radius 2 is 1.77 bits per heavy atom. The van der Waals surface area contributed by atoms with Crippen LogP contribution in [0.15, 0.2) is 77.4 Å². The van der Waals surface area contributed by atoms with Gasteiger partial charge in [-0.15, -0.1) is 0 Å². The molecule has 0 bridgehead atoms. The monoisotopic (exact) mass is 398 g/mol. The molecule has 0 aliphatic rings. The van der Waals surface area contributed by atoms with Gasteiger partial charge in [-0.2, -0.15) is 0 Å². The first-order chi connectivity index (χ1) is 14.5. The summed E-state index contributed by atoms with van der Waals surface area (Å²) in [7, 11) is 1.55. The number of hydrogen-bond donors (Lipinski definition) is 1. The van der Waals surface area contributed by atoms with Gasteiger partial charge in [-0.1, -0.05) is 35.9 Å². The molecule has 0 radical (unpaired) electrons. The van der Waals surface area contributed by atoms with E-state index in [-0.39, 0.29) is 5.91 Å². The summed E-state index contributed by atoms with van der Waals surface area (Å²) < 4.78 is 10.9. The van der Waals surface area contributed by atoms with Crippen LogP contribution in [0.25, 0.3) is 22.7 Å². The molecule has 0 aliphatic carbocycles. The average Bonchev–Trinajstić information content (AvgIpc) is 3.24. The predicted molar refractivity (Wildman–Crippen MR) is 118 cm³/mol. The number of oxazole rings is 1. The molecule has 0 atom stereocenters. The van der Waals surface area contributed by atoms with Gasteiger partial charge in [0.2, 0.25) is 5.89 Å². The lowest BCUT2D eigenvalue weighted by Crippen LogP contribution is -2.12. The van der Waals surface area contributed by atoms with E-state index in [2.05, 4.69) is 42.3 Å². The fourth-order valence-corrected chi connectivity index (χ4v) is 3.36. The zero-order valence-corrected chi connectivity index (χ0v) is 17.1. The van der Waals surface area contributed by atoms with E-state index >= 15 is 0 Å². The first-order valence-corrected chi connectivity index (χ1v) is 9.63. The van der Waals surface area contributed by atoms with Gasteiger partial charge in [-0.25, -0.2) is 4.98 Å². The first-order valence-electron chi connectivity index (χ1n) is 9.63. The summed E-state index contributed by atoms with van der Waals surface area (Å²) in [6.45, 7) is 4.13. The summed E-state index contributed by atoms with van der Waals surface area (Å²) in [6, 6.07) is 20.8. The number of rotatable bonds is 5. The number of anilines is 1. The van der Waals surface area contributed by atoms with Crippen molar-refractivity contribution in [3.8, 4) is 28.5 Å². The van der Waals surface area contributed by atoms with Crippen molar-refractivity contribution in [3.05, 3.63) is 89.7 Å². The molecule has 0 unspecified atom stereocenters. The first kappa shape index (κ1) is 19.5. The Morgan fingerprint density at radius 1 is 1.00 bits per heavy atom. The summed E-state index contributed by atoms with van der Waals surface area (Å²) in [6.07, 6.45) is 1.67. The highest BCUT2D eigenvalue weighted by molar-refractivity contribution is 6.06. The van der Waals surface area contributed by atoms with E-state index in [1.54, 1.807) is 31.6 Å². The van der Waals surface area contributed by atoms with Crippen LogP contribution in [0.5, 0.6) is 5.75 Å². The molecule has 5 heteroatoms. The molecule has 1 N–H and O–H groups in total. The van der Waals surface area contributed by atoms with Crippen LogP contribution in [0.2, 0.25) is 0 Å². The van der Waals surface area contributed by atoms with Crippen molar-refractivity contribution in [2.24, 2.45) is 0 Å². The third-order valence-corrected chi connectivity index (χ3v) is 4.90. The Morgan fingerprint density at radius 3 is 2.50 bits per heavy atom. The number of hydrogen-bond acceptors (Lipinski definition) is 4. The molecule has 1 amide bonds. The molecule has 0 saturated carbocycles. The van der Waals surface area contributed by atoms with Crippen molar-refractivity contribution in [1.82, 2.24) is 4.98 Å². The van der Waals surface area contributed by atoms with Crippen molar-refractivity contribution in [2.75, 3.05) is 12.4 Å². The Bertz CT molecular complexity index is 1190. The van der Waals surface area contributed by atoms with Crippen LogP contribution in [-0.2, 0) is 0 Å². The summed E-state index contributed by atoms with van der Waals surface area (Å²) in [5, 5.41) is 2.89. The van der Waals surface area contributed by atoms with Gasteiger partial charge < -0.3 is 14.5 Å². The molecule has 0 fully saturated rings. The lowest BCUT2D eigenvalue weighted by molar-refractivity contribution is 0.102. The fraction of sp³-hybridized carbons (Fsp3) is 0.120. The van der Waals surface area contributed by atoms with Crippen LogP contribution in [0.1, 0.15) is 21.5 Å². The number of methoxy groups -OCH3 is 1. The standard InChI is InChI=1S/C25H22N2O3/c1-16-8-13-20(17(2)14-16)22-15-30-25(27-22)18-9-11-19(12-10-18)26-24(28)21-6-4-5-7-23(21)29-3/h4-15H,1-3H3,(H,26,28). The van der Waals surface area contributed by atoms with E-state index in [4.69, 9.17) is 9.15 Å². The van der Waals surface area contributed by atoms with Gasteiger partial charge >= 0.3 is 0 Å². The minimum atomic E-state index is -0.228. The summed E-state index contributed by atoms with van der Waals surface area (Å²) in [5.74, 6) is 0.839. The van der Waals surface area contributed by atoms with Crippen molar-refractivity contribution in [2.45, 2.75) is 13.8 Å². The van der Waals surface area contributed by atoms with Crippen molar-refractivity contribution in [3.63, 3.8) is 0 Å².